The fraction of sp³-hybridized carbons (Fsp3) is 0.194. The molecule has 0 unspecified atom stereocenters. The number of hydrogen-bond donors (Lipinski definition) is 0. The molecule has 336 valence electrons. The summed E-state index contributed by atoms with van der Waals surface area (Å²) in [6, 6.07) is 64.7. The van der Waals surface area contributed by atoms with Crippen molar-refractivity contribution in [2.75, 3.05) is 0 Å². The van der Waals surface area contributed by atoms with E-state index in [2.05, 4.69) is 228 Å². The van der Waals surface area contributed by atoms with Crippen LogP contribution in [0, 0.1) is 24.7 Å². The van der Waals surface area contributed by atoms with Crippen LogP contribution in [-0.2, 0) is 18.3 Å². The molecule has 0 saturated heterocycles. The molecule has 2 aromatic heterocycles. The van der Waals surface area contributed by atoms with E-state index in [0.717, 1.165) is 12.8 Å². The molecular formula is C67H55BN2. The average Bonchev–Trinajstić information content (AvgIpc) is 3.95. The van der Waals surface area contributed by atoms with E-state index in [1.54, 1.807) is 0 Å². The van der Waals surface area contributed by atoms with Crippen LogP contribution in [0.3, 0.4) is 0 Å². The molecule has 1 spiro atoms. The van der Waals surface area contributed by atoms with Crippen molar-refractivity contribution in [3.05, 3.63) is 208 Å². The summed E-state index contributed by atoms with van der Waals surface area (Å²) in [6.07, 6.45) is 1.98. The summed E-state index contributed by atoms with van der Waals surface area (Å²) in [5.41, 5.74) is 29.4. The SMILES string of the molecule is Cc1ccc(-c2c(-c3ccc(C)cc3)n3c4c(c5ccccc5cc24)B2c4c-3ccc3c4-n4c5c2cc(CC(C)(C)C)cc5c2cc(CC(C)(C)C)cc(c24)C32c3ccccc3-c3ccccc32)cc1. The zero-order valence-corrected chi connectivity index (χ0v) is 41.5. The molecule has 9 aromatic carbocycles. The standard InChI is InChI=1S/C67H55BN2/c1-38-21-25-42(26-22-38)57-50-35-44-15-9-10-16-45(44)58-63(50)69(60(57)43-27-23-39(2)24-28-43)56-30-29-53-64-59(56)68(58)55-34-41(37-66(6,7)8)32-49-48-31-40(36-65(3,4)5)33-54(61(48)70(64)62(49)55)67(53)51-19-13-11-17-46(51)47-18-12-14-20-52(47)67/h9-35H,36-37H2,1-8H3. The van der Waals surface area contributed by atoms with Gasteiger partial charge in [-0.15, -0.1) is 0 Å². The van der Waals surface area contributed by atoms with Gasteiger partial charge < -0.3 is 9.13 Å². The van der Waals surface area contributed by atoms with Crippen LogP contribution in [0.15, 0.2) is 164 Å². The molecule has 0 saturated carbocycles. The van der Waals surface area contributed by atoms with Crippen LogP contribution in [-0.4, -0.2) is 15.8 Å². The number of rotatable bonds is 4. The first-order chi connectivity index (χ1) is 33.8. The fourth-order valence-electron chi connectivity index (χ4n) is 14.3. The molecule has 0 fully saturated rings. The number of nitrogens with zero attached hydrogens (tertiary/aromatic N) is 2. The molecule has 11 aromatic rings. The molecule has 2 nitrogen and oxygen atoms in total. The van der Waals surface area contributed by atoms with Gasteiger partial charge in [0.25, 0.3) is 6.71 Å². The van der Waals surface area contributed by atoms with Gasteiger partial charge >= 0.3 is 0 Å². The number of aryl methyl sites for hydroxylation is 2. The van der Waals surface area contributed by atoms with Gasteiger partial charge in [-0.1, -0.05) is 192 Å². The summed E-state index contributed by atoms with van der Waals surface area (Å²) in [4.78, 5) is 0. The van der Waals surface area contributed by atoms with Crippen molar-refractivity contribution in [1.82, 2.24) is 9.13 Å². The smallest absolute Gasteiger partial charge is 0.253 e. The number of hydrogen-bond acceptors (Lipinski definition) is 0. The van der Waals surface area contributed by atoms with E-state index in [1.165, 1.54) is 149 Å². The van der Waals surface area contributed by atoms with Crippen LogP contribution in [0.1, 0.15) is 86.1 Å². The normalized spacial score (nSPS) is 14.5. The lowest BCUT2D eigenvalue weighted by Crippen LogP contribution is -2.60. The molecule has 4 aliphatic rings. The quantitative estimate of drug-likeness (QED) is 0.156. The second-order valence-electron chi connectivity index (χ2n) is 23.8. The van der Waals surface area contributed by atoms with Gasteiger partial charge in [0.05, 0.1) is 22.1 Å². The highest BCUT2D eigenvalue weighted by molar-refractivity contribution is 7.01. The molecular weight excluding hydrogens is 844 g/mol. The van der Waals surface area contributed by atoms with Gasteiger partial charge in [0.1, 0.15) is 0 Å². The first-order valence-corrected chi connectivity index (χ1v) is 25.5. The van der Waals surface area contributed by atoms with Crippen molar-refractivity contribution in [3.8, 4) is 44.9 Å². The molecule has 0 radical (unpaired) electrons. The molecule has 0 atom stereocenters. The van der Waals surface area contributed by atoms with E-state index >= 15 is 0 Å². The molecule has 15 rings (SSSR count). The lowest BCUT2D eigenvalue weighted by molar-refractivity contribution is 0.411. The van der Waals surface area contributed by atoms with Crippen LogP contribution in [0.2, 0.25) is 0 Å². The molecule has 3 aliphatic heterocycles. The summed E-state index contributed by atoms with van der Waals surface area (Å²) >= 11 is 0. The first kappa shape index (κ1) is 40.5. The van der Waals surface area contributed by atoms with Gasteiger partial charge in [0.15, 0.2) is 0 Å². The van der Waals surface area contributed by atoms with Crippen molar-refractivity contribution in [2.45, 2.75) is 73.6 Å². The van der Waals surface area contributed by atoms with E-state index < -0.39 is 5.41 Å². The maximum Gasteiger partial charge on any atom is 0.253 e. The fourth-order valence-corrected chi connectivity index (χ4v) is 14.3. The third kappa shape index (κ3) is 5.15. The van der Waals surface area contributed by atoms with E-state index in [4.69, 9.17) is 0 Å². The molecule has 70 heavy (non-hydrogen) atoms. The number of benzene rings is 9. The van der Waals surface area contributed by atoms with Crippen LogP contribution >= 0.6 is 0 Å². The minimum atomic E-state index is -0.539. The summed E-state index contributed by atoms with van der Waals surface area (Å²) in [5.74, 6) is 0. The highest BCUT2D eigenvalue weighted by Gasteiger charge is 2.54. The maximum absolute atomic E-state index is 2.79. The minimum Gasteiger partial charge on any atom is -0.310 e. The van der Waals surface area contributed by atoms with E-state index in [-0.39, 0.29) is 17.5 Å². The number of fused-ring (bicyclic) bond motifs is 13. The van der Waals surface area contributed by atoms with Crippen LogP contribution in [0.25, 0.3) is 88.4 Å². The average molecular weight is 899 g/mol. The third-order valence-electron chi connectivity index (χ3n) is 16.6. The van der Waals surface area contributed by atoms with Crippen molar-refractivity contribution in [3.63, 3.8) is 0 Å². The van der Waals surface area contributed by atoms with Gasteiger partial charge in [-0.25, -0.2) is 0 Å². The Hall–Kier alpha value is -7.36. The van der Waals surface area contributed by atoms with Gasteiger partial charge in [-0.2, -0.15) is 0 Å². The van der Waals surface area contributed by atoms with Crippen molar-refractivity contribution in [1.29, 1.82) is 0 Å². The van der Waals surface area contributed by atoms with E-state index in [1.807, 2.05) is 0 Å². The maximum atomic E-state index is 2.79. The second-order valence-corrected chi connectivity index (χ2v) is 23.8. The van der Waals surface area contributed by atoms with E-state index in [9.17, 15) is 0 Å². The topological polar surface area (TPSA) is 9.86 Å². The van der Waals surface area contributed by atoms with Gasteiger partial charge in [-0.05, 0) is 145 Å². The third-order valence-corrected chi connectivity index (χ3v) is 16.6. The Bertz CT molecular complexity index is 4100. The van der Waals surface area contributed by atoms with Gasteiger partial charge in [0.2, 0.25) is 0 Å². The minimum absolute atomic E-state index is 0.0172. The van der Waals surface area contributed by atoms with Crippen LogP contribution in [0.4, 0.5) is 0 Å². The van der Waals surface area contributed by atoms with Crippen LogP contribution in [0.5, 0.6) is 0 Å². The Morgan fingerprint density at radius 2 is 1.04 bits per heavy atom. The van der Waals surface area contributed by atoms with Crippen molar-refractivity contribution in [2.24, 2.45) is 10.8 Å². The Kier molecular flexibility index (Phi) is 7.81. The summed E-state index contributed by atoms with van der Waals surface area (Å²) in [5, 5.41) is 6.71. The summed E-state index contributed by atoms with van der Waals surface area (Å²) in [7, 11) is 0. The first-order valence-electron chi connectivity index (χ1n) is 25.5. The summed E-state index contributed by atoms with van der Waals surface area (Å²) < 4.78 is 5.51. The van der Waals surface area contributed by atoms with Crippen LogP contribution < -0.4 is 16.4 Å². The largest absolute Gasteiger partial charge is 0.310 e. The summed E-state index contributed by atoms with van der Waals surface area (Å²) in [6.45, 7) is 18.8. The predicted octanol–water partition coefficient (Wildman–Crippen LogP) is 14.8. The van der Waals surface area contributed by atoms with E-state index in [0.29, 0.717) is 0 Å². The Balaban J connectivity index is 1.21. The zero-order valence-electron chi connectivity index (χ0n) is 41.5. The Morgan fingerprint density at radius 1 is 0.457 bits per heavy atom. The number of aromatic nitrogens is 2. The molecule has 5 heterocycles. The lowest BCUT2D eigenvalue weighted by atomic mass is 9.33. The molecule has 0 amide bonds. The Labute approximate surface area is 411 Å². The second kappa shape index (κ2) is 13.5. The molecule has 1 aliphatic carbocycles. The van der Waals surface area contributed by atoms with Crippen molar-refractivity contribution >= 4 is 66.6 Å². The molecule has 0 N–H and O–H groups in total. The molecule has 0 bridgehead atoms. The van der Waals surface area contributed by atoms with Gasteiger partial charge in [0, 0.05) is 38.6 Å². The lowest BCUT2D eigenvalue weighted by Gasteiger charge is -2.44. The van der Waals surface area contributed by atoms with Crippen molar-refractivity contribution < 1.29 is 0 Å². The molecule has 3 heteroatoms. The monoisotopic (exact) mass is 898 g/mol. The Morgan fingerprint density at radius 3 is 1.70 bits per heavy atom. The van der Waals surface area contributed by atoms with Gasteiger partial charge in [-0.3, -0.25) is 0 Å². The highest BCUT2D eigenvalue weighted by atomic mass is 15.1. The zero-order chi connectivity index (χ0) is 47.3. The predicted molar refractivity (Wildman–Crippen MR) is 297 cm³/mol. The highest BCUT2D eigenvalue weighted by Crippen LogP contribution is 2.62.